The third-order valence-electron chi connectivity index (χ3n) is 3.88. The monoisotopic (exact) mass is 449 g/mol. The number of para-hydroxylation sites is 1. The van der Waals surface area contributed by atoms with Gasteiger partial charge in [0.15, 0.2) is 10.1 Å². The van der Waals surface area contributed by atoms with Gasteiger partial charge in [-0.05, 0) is 36.8 Å². The van der Waals surface area contributed by atoms with Crippen LogP contribution >= 0.6 is 23.4 Å². The van der Waals surface area contributed by atoms with Crippen molar-refractivity contribution in [3.8, 4) is 0 Å². The normalized spacial score (nSPS) is 11.2. The van der Waals surface area contributed by atoms with Crippen molar-refractivity contribution in [3.63, 3.8) is 0 Å². The van der Waals surface area contributed by atoms with Gasteiger partial charge in [0, 0.05) is 10.7 Å². The van der Waals surface area contributed by atoms with Crippen molar-refractivity contribution in [1.29, 1.82) is 0 Å². The number of aromatic amines is 1. The van der Waals surface area contributed by atoms with Crippen molar-refractivity contribution < 1.29 is 13.2 Å². The summed E-state index contributed by atoms with van der Waals surface area (Å²) in [5.74, 6) is -0.285. The Hall–Kier alpha value is -2.62. The minimum absolute atomic E-state index is 0.00248. The van der Waals surface area contributed by atoms with Crippen molar-refractivity contribution in [2.24, 2.45) is 0 Å². The van der Waals surface area contributed by atoms with Crippen LogP contribution in [0.2, 0.25) is 5.02 Å². The molecule has 29 heavy (non-hydrogen) atoms. The molecule has 0 fully saturated rings. The topological polar surface area (TPSA) is 109 Å². The summed E-state index contributed by atoms with van der Waals surface area (Å²) in [6.07, 6.45) is 0.985. The minimum Gasteiger partial charge on any atom is -0.325 e. The average molecular weight is 450 g/mol. The standard InChI is InChI=1S/C19H16ClN3O4S2/c1-12-7-8-14(9-15(12)20)29(26,27)16-10-21-19(23-18(16)25)28-11-17(24)22-13-5-3-2-4-6-13/h2-10H,11H2,1H3,(H,22,24)(H,21,23,25). The second kappa shape index (κ2) is 8.81. The lowest BCUT2D eigenvalue weighted by molar-refractivity contribution is -0.113. The summed E-state index contributed by atoms with van der Waals surface area (Å²) in [5.41, 5.74) is 0.554. The highest BCUT2D eigenvalue weighted by Gasteiger charge is 2.23. The number of aromatic nitrogens is 2. The Morgan fingerprint density at radius 3 is 2.59 bits per heavy atom. The van der Waals surface area contributed by atoms with Crippen LogP contribution in [0.4, 0.5) is 5.69 Å². The van der Waals surface area contributed by atoms with E-state index in [0.29, 0.717) is 5.69 Å². The summed E-state index contributed by atoms with van der Waals surface area (Å²) in [6.45, 7) is 1.74. The lowest BCUT2D eigenvalue weighted by Gasteiger charge is -2.07. The smallest absolute Gasteiger partial charge is 0.270 e. The molecule has 10 heteroatoms. The molecule has 0 aliphatic rings. The number of amides is 1. The van der Waals surface area contributed by atoms with Crippen LogP contribution in [0.3, 0.4) is 0 Å². The number of benzene rings is 2. The van der Waals surface area contributed by atoms with E-state index in [1.807, 2.05) is 6.07 Å². The zero-order chi connectivity index (χ0) is 21.0. The predicted molar refractivity (Wildman–Crippen MR) is 112 cm³/mol. The van der Waals surface area contributed by atoms with E-state index in [0.717, 1.165) is 23.5 Å². The summed E-state index contributed by atoms with van der Waals surface area (Å²) >= 11 is 6.98. The van der Waals surface area contributed by atoms with Crippen molar-refractivity contribution in [3.05, 3.63) is 75.7 Å². The first kappa shape index (κ1) is 21.1. The first-order chi connectivity index (χ1) is 13.8. The molecule has 3 rings (SSSR count). The van der Waals surface area contributed by atoms with Crippen LogP contribution in [-0.4, -0.2) is 30.0 Å². The van der Waals surface area contributed by atoms with Gasteiger partial charge in [-0.25, -0.2) is 13.4 Å². The number of thioether (sulfide) groups is 1. The molecule has 3 aromatic rings. The molecule has 0 aliphatic heterocycles. The Bertz CT molecular complexity index is 1210. The molecule has 7 nitrogen and oxygen atoms in total. The van der Waals surface area contributed by atoms with E-state index >= 15 is 0 Å². The van der Waals surface area contributed by atoms with Crippen LogP contribution in [0, 0.1) is 6.92 Å². The fourth-order valence-corrected chi connectivity index (χ4v) is 4.49. The molecule has 0 atom stereocenters. The molecule has 150 valence electrons. The highest BCUT2D eigenvalue weighted by atomic mass is 35.5. The highest BCUT2D eigenvalue weighted by Crippen LogP contribution is 2.24. The molecule has 0 saturated heterocycles. The van der Waals surface area contributed by atoms with Crippen molar-refractivity contribution in [2.45, 2.75) is 21.9 Å². The fraction of sp³-hybridized carbons (Fsp3) is 0.105. The third-order valence-corrected chi connectivity index (χ3v) is 6.92. The van der Waals surface area contributed by atoms with Gasteiger partial charge in [-0.2, -0.15) is 0 Å². The fourth-order valence-electron chi connectivity index (χ4n) is 2.35. The van der Waals surface area contributed by atoms with E-state index in [2.05, 4.69) is 15.3 Å². The molecule has 1 heterocycles. The molecular formula is C19H16ClN3O4S2. The number of carbonyl (C=O) groups excluding carboxylic acids is 1. The molecule has 0 radical (unpaired) electrons. The van der Waals surface area contributed by atoms with Crippen LogP contribution in [0.25, 0.3) is 0 Å². The minimum atomic E-state index is -4.08. The van der Waals surface area contributed by atoms with Crippen LogP contribution in [0.1, 0.15) is 5.56 Å². The maximum absolute atomic E-state index is 12.7. The number of nitrogens with zero attached hydrogens (tertiary/aromatic N) is 1. The molecule has 0 unspecified atom stereocenters. The van der Waals surface area contributed by atoms with Crippen LogP contribution in [-0.2, 0) is 14.6 Å². The maximum atomic E-state index is 12.7. The second-order valence-electron chi connectivity index (χ2n) is 6.00. The Morgan fingerprint density at radius 1 is 1.21 bits per heavy atom. The SMILES string of the molecule is Cc1ccc(S(=O)(=O)c2cnc(SCC(=O)Nc3ccccc3)[nH]c2=O)cc1Cl. The van der Waals surface area contributed by atoms with Gasteiger partial charge in [0.05, 0.1) is 16.8 Å². The predicted octanol–water partition coefficient (Wildman–Crippen LogP) is 3.30. The zero-order valence-electron chi connectivity index (χ0n) is 15.2. The number of aryl methyl sites for hydroxylation is 1. The van der Waals surface area contributed by atoms with Crippen molar-refractivity contribution in [2.75, 3.05) is 11.1 Å². The van der Waals surface area contributed by atoms with Crippen LogP contribution in [0.5, 0.6) is 0 Å². The molecule has 1 amide bonds. The Morgan fingerprint density at radius 2 is 1.93 bits per heavy atom. The Kier molecular flexibility index (Phi) is 6.41. The lowest BCUT2D eigenvalue weighted by Crippen LogP contribution is -2.20. The number of hydrogen-bond acceptors (Lipinski definition) is 6. The number of carbonyl (C=O) groups is 1. The van der Waals surface area contributed by atoms with Crippen LogP contribution < -0.4 is 10.9 Å². The third kappa shape index (κ3) is 5.06. The molecule has 0 saturated carbocycles. The van der Waals surface area contributed by atoms with Gasteiger partial charge < -0.3 is 10.3 Å². The Labute approximate surface area is 176 Å². The van der Waals surface area contributed by atoms with Gasteiger partial charge >= 0.3 is 0 Å². The van der Waals surface area contributed by atoms with E-state index < -0.39 is 20.3 Å². The molecular weight excluding hydrogens is 434 g/mol. The maximum Gasteiger partial charge on any atom is 0.270 e. The van der Waals surface area contributed by atoms with Crippen molar-refractivity contribution in [1.82, 2.24) is 9.97 Å². The van der Waals surface area contributed by atoms with Gasteiger partial charge in [-0.15, -0.1) is 0 Å². The lowest BCUT2D eigenvalue weighted by atomic mass is 10.2. The molecule has 1 aromatic heterocycles. The molecule has 0 aliphatic carbocycles. The van der Waals surface area contributed by atoms with E-state index in [-0.39, 0.29) is 26.7 Å². The Balaban J connectivity index is 1.73. The summed E-state index contributed by atoms with van der Waals surface area (Å²) in [7, 11) is -4.08. The quantitative estimate of drug-likeness (QED) is 0.441. The summed E-state index contributed by atoms with van der Waals surface area (Å²) < 4.78 is 25.4. The van der Waals surface area contributed by atoms with Crippen molar-refractivity contribution >= 4 is 44.8 Å². The molecule has 0 bridgehead atoms. The highest BCUT2D eigenvalue weighted by molar-refractivity contribution is 7.99. The number of anilines is 1. The van der Waals surface area contributed by atoms with E-state index in [9.17, 15) is 18.0 Å². The first-order valence-electron chi connectivity index (χ1n) is 8.35. The molecule has 2 N–H and O–H groups in total. The number of sulfone groups is 1. The zero-order valence-corrected chi connectivity index (χ0v) is 17.6. The number of nitrogens with one attached hydrogen (secondary N) is 2. The first-order valence-corrected chi connectivity index (χ1v) is 11.2. The van der Waals surface area contributed by atoms with Crippen LogP contribution in [0.15, 0.2) is 74.5 Å². The largest absolute Gasteiger partial charge is 0.325 e. The van der Waals surface area contributed by atoms with Gasteiger partial charge in [0.25, 0.3) is 5.56 Å². The van der Waals surface area contributed by atoms with E-state index in [4.69, 9.17) is 11.6 Å². The number of hydrogen-bond donors (Lipinski definition) is 2. The molecule has 0 spiro atoms. The number of H-pyrrole nitrogens is 1. The molecule has 2 aromatic carbocycles. The van der Waals surface area contributed by atoms with Gasteiger partial charge in [-0.1, -0.05) is 47.6 Å². The number of halogens is 1. The summed E-state index contributed by atoms with van der Waals surface area (Å²) in [6, 6.07) is 13.2. The average Bonchev–Trinajstić information content (AvgIpc) is 2.69. The van der Waals surface area contributed by atoms with E-state index in [1.165, 1.54) is 12.1 Å². The van der Waals surface area contributed by atoms with Gasteiger partial charge in [-0.3, -0.25) is 9.59 Å². The van der Waals surface area contributed by atoms with E-state index in [1.54, 1.807) is 37.3 Å². The second-order valence-corrected chi connectivity index (χ2v) is 9.29. The van der Waals surface area contributed by atoms with Gasteiger partial charge in [0.1, 0.15) is 0 Å². The summed E-state index contributed by atoms with van der Waals surface area (Å²) in [4.78, 5) is 30.1. The van der Waals surface area contributed by atoms with Gasteiger partial charge in [0.2, 0.25) is 15.7 Å². The summed E-state index contributed by atoms with van der Waals surface area (Å²) in [5, 5.41) is 3.13. The number of rotatable bonds is 6.